The van der Waals surface area contributed by atoms with Gasteiger partial charge in [-0.2, -0.15) is 5.26 Å². The lowest BCUT2D eigenvalue weighted by atomic mass is 10.1. The third kappa shape index (κ3) is 2.77. The number of nitrogens with zero attached hydrogens (tertiary/aromatic N) is 1. The van der Waals surface area contributed by atoms with Crippen molar-refractivity contribution in [2.75, 3.05) is 0 Å². The van der Waals surface area contributed by atoms with E-state index in [1.807, 2.05) is 36.4 Å². The molecule has 0 radical (unpaired) electrons. The molecule has 1 aliphatic rings. The third-order valence-electron chi connectivity index (χ3n) is 3.39. The molecule has 1 saturated carbocycles. The predicted octanol–water partition coefficient (Wildman–Crippen LogP) is 4.01. The smallest absolute Gasteiger partial charge is 0.123 e. The molecule has 2 nitrogen and oxygen atoms in total. The van der Waals surface area contributed by atoms with E-state index in [1.54, 1.807) is 0 Å². The van der Waals surface area contributed by atoms with Crippen molar-refractivity contribution < 1.29 is 4.74 Å². The second-order valence-corrected chi connectivity index (χ2v) is 4.91. The van der Waals surface area contributed by atoms with Crippen LogP contribution in [-0.4, -0.2) is 0 Å². The lowest BCUT2D eigenvalue weighted by molar-refractivity contribution is 0.303. The molecule has 2 aromatic rings. The molecule has 1 aliphatic carbocycles. The van der Waals surface area contributed by atoms with Gasteiger partial charge >= 0.3 is 0 Å². The van der Waals surface area contributed by atoms with Crippen molar-refractivity contribution in [3.8, 4) is 11.8 Å². The first-order valence-corrected chi connectivity index (χ1v) is 6.57. The maximum absolute atomic E-state index is 8.97. The van der Waals surface area contributed by atoms with Gasteiger partial charge < -0.3 is 4.74 Å². The van der Waals surface area contributed by atoms with Crippen LogP contribution in [0.25, 0.3) is 0 Å². The van der Waals surface area contributed by atoms with Gasteiger partial charge in [0.1, 0.15) is 12.4 Å². The van der Waals surface area contributed by atoms with Crippen LogP contribution in [0, 0.1) is 11.3 Å². The Morgan fingerprint density at radius 1 is 1.11 bits per heavy atom. The first kappa shape index (κ1) is 11.8. The van der Waals surface area contributed by atoms with Crippen LogP contribution in [0.5, 0.6) is 5.75 Å². The fourth-order valence-electron chi connectivity index (χ4n) is 2.20. The molecular formula is C17H15NO. The van der Waals surface area contributed by atoms with Crippen molar-refractivity contribution in [3.63, 3.8) is 0 Å². The van der Waals surface area contributed by atoms with Gasteiger partial charge in [0.25, 0.3) is 0 Å². The minimum Gasteiger partial charge on any atom is -0.489 e. The molecule has 0 amide bonds. The Labute approximate surface area is 113 Å². The number of nitriles is 1. The number of rotatable bonds is 4. The standard InChI is InChI=1S/C17H15NO/c18-11-14-6-9-17(16(10-14)15-7-8-15)19-12-13-4-2-1-3-5-13/h1-6,9-10,15H,7-8,12H2. The second-order valence-electron chi connectivity index (χ2n) is 4.91. The van der Waals surface area contributed by atoms with E-state index < -0.39 is 0 Å². The SMILES string of the molecule is N#Cc1ccc(OCc2ccccc2)c(C2CC2)c1. The molecule has 3 rings (SSSR count). The van der Waals surface area contributed by atoms with Gasteiger partial charge in [0.2, 0.25) is 0 Å². The molecule has 0 aliphatic heterocycles. The summed E-state index contributed by atoms with van der Waals surface area (Å²) in [5.74, 6) is 1.50. The molecule has 0 spiro atoms. The summed E-state index contributed by atoms with van der Waals surface area (Å²) in [6.45, 7) is 0.576. The zero-order valence-corrected chi connectivity index (χ0v) is 10.7. The molecule has 0 bridgehead atoms. The number of hydrogen-bond donors (Lipinski definition) is 0. The molecule has 0 aromatic heterocycles. The Morgan fingerprint density at radius 3 is 2.58 bits per heavy atom. The topological polar surface area (TPSA) is 33.0 Å². The third-order valence-corrected chi connectivity index (χ3v) is 3.39. The Morgan fingerprint density at radius 2 is 1.89 bits per heavy atom. The highest BCUT2D eigenvalue weighted by Gasteiger charge is 2.27. The first-order chi connectivity index (χ1) is 9.36. The minimum atomic E-state index is 0.576. The second kappa shape index (κ2) is 5.16. The molecule has 0 atom stereocenters. The van der Waals surface area contributed by atoms with Gasteiger partial charge in [-0.1, -0.05) is 30.3 Å². The summed E-state index contributed by atoms with van der Waals surface area (Å²) >= 11 is 0. The molecule has 94 valence electrons. The molecule has 2 heteroatoms. The van der Waals surface area contributed by atoms with Crippen molar-refractivity contribution in [1.82, 2.24) is 0 Å². The molecule has 19 heavy (non-hydrogen) atoms. The number of benzene rings is 2. The molecule has 2 aromatic carbocycles. The number of ether oxygens (including phenoxy) is 1. The molecule has 0 saturated heterocycles. The van der Waals surface area contributed by atoms with Gasteiger partial charge in [-0.15, -0.1) is 0 Å². The first-order valence-electron chi connectivity index (χ1n) is 6.57. The Bertz CT molecular complexity index is 609. The quantitative estimate of drug-likeness (QED) is 0.820. The average Bonchev–Trinajstić information content (AvgIpc) is 3.30. The van der Waals surface area contributed by atoms with Crippen molar-refractivity contribution in [2.24, 2.45) is 0 Å². The maximum Gasteiger partial charge on any atom is 0.123 e. The summed E-state index contributed by atoms with van der Waals surface area (Å²) in [5, 5.41) is 8.97. The molecular weight excluding hydrogens is 234 g/mol. The normalized spacial score (nSPS) is 13.8. The molecule has 0 heterocycles. The summed E-state index contributed by atoms with van der Waals surface area (Å²) in [4.78, 5) is 0. The van der Waals surface area contributed by atoms with Gasteiger partial charge in [0.15, 0.2) is 0 Å². The van der Waals surface area contributed by atoms with Crippen molar-refractivity contribution in [3.05, 3.63) is 65.2 Å². The van der Waals surface area contributed by atoms with Crippen LogP contribution in [0.4, 0.5) is 0 Å². The van der Waals surface area contributed by atoms with Gasteiger partial charge in [0.05, 0.1) is 11.6 Å². The highest BCUT2D eigenvalue weighted by molar-refractivity contribution is 5.45. The number of hydrogen-bond acceptors (Lipinski definition) is 2. The molecule has 0 unspecified atom stereocenters. The van der Waals surface area contributed by atoms with E-state index in [4.69, 9.17) is 10.00 Å². The molecule has 0 N–H and O–H groups in total. The van der Waals surface area contributed by atoms with E-state index in [2.05, 4.69) is 18.2 Å². The summed E-state index contributed by atoms with van der Waals surface area (Å²) in [7, 11) is 0. The van der Waals surface area contributed by atoms with E-state index in [1.165, 1.54) is 18.4 Å². The Hall–Kier alpha value is -2.27. The van der Waals surface area contributed by atoms with Gasteiger partial charge in [-0.3, -0.25) is 0 Å². The Kier molecular flexibility index (Phi) is 3.20. The van der Waals surface area contributed by atoms with E-state index >= 15 is 0 Å². The van der Waals surface area contributed by atoms with Gasteiger partial charge in [0, 0.05) is 0 Å². The van der Waals surface area contributed by atoms with Crippen molar-refractivity contribution in [1.29, 1.82) is 5.26 Å². The van der Waals surface area contributed by atoms with E-state index in [0.29, 0.717) is 18.1 Å². The van der Waals surface area contributed by atoms with Gasteiger partial charge in [-0.25, -0.2) is 0 Å². The van der Waals surface area contributed by atoms with Crippen LogP contribution in [0.2, 0.25) is 0 Å². The highest BCUT2D eigenvalue weighted by Crippen LogP contribution is 2.44. The zero-order chi connectivity index (χ0) is 13.1. The van der Waals surface area contributed by atoms with E-state index in [-0.39, 0.29) is 0 Å². The fraction of sp³-hybridized carbons (Fsp3) is 0.235. The predicted molar refractivity (Wildman–Crippen MR) is 73.9 cm³/mol. The summed E-state index contributed by atoms with van der Waals surface area (Å²) in [6, 6.07) is 18.1. The maximum atomic E-state index is 8.97. The fourth-order valence-corrected chi connectivity index (χ4v) is 2.20. The van der Waals surface area contributed by atoms with Crippen LogP contribution < -0.4 is 4.74 Å². The van der Waals surface area contributed by atoms with Crippen LogP contribution in [0.1, 0.15) is 35.4 Å². The summed E-state index contributed by atoms with van der Waals surface area (Å²) in [5.41, 5.74) is 3.07. The highest BCUT2D eigenvalue weighted by atomic mass is 16.5. The zero-order valence-electron chi connectivity index (χ0n) is 10.7. The summed E-state index contributed by atoms with van der Waals surface area (Å²) < 4.78 is 5.91. The van der Waals surface area contributed by atoms with Crippen LogP contribution in [0.3, 0.4) is 0 Å². The lowest BCUT2D eigenvalue weighted by Crippen LogP contribution is -1.98. The Balaban J connectivity index is 1.79. The van der Waals surface area contributed by atoms with Crippen LogP contribution >= 0.6 is 0 Å². The summed E-state index contributed by atoms with van der Waals surface area (Å²) in [6.07, 6.45) is 2.41. The van der Waals surface area contributed by atoms with Gasteiger partial charge in [-0.05, 0) is 48.1 Å². The van der Waals surface area contributed by atoms with Crippen molar-refractivity contribution >= 4 is 0 Å². The minimum absolute atomic E-state index is 0.576. The average molecular weight is 249 g/mol. The van der Waals surface area contributed by atoms with Crippen LogP contribution in [-0.2, 0) is 6.61 Å². The lowest BCUT2D eigenvalue weighted by Gasteiger charge is -2.11. The van der Waals surface area contributed by atoms with E-state index in [0.717, 1.165) is 11.3 Å². The van der Waals surface area contributed by atoms with Crippen molar-refractivity contribution in [2.45, 2.75) is 25.4 Å². The molecule has 1 fully saturated rings. The van der Waals surface area contributed by atoms with Crippen LogP contribution in [0.15, 0.2) is 48.5 Å². The monoisotopic (exact) mass is 249 g/mol. The van der Waals surface area contributed by atoms with E-state index in [9.17, 15) is 0 Å². The largest absolute Gasteiger partial charge is 0.489 e.